The van der Waals surface area contributed by atoms with Crippen LogP contribution in [0.3, 0.4) is 0 Å². The maximum atomic E-state index is 14.1. The van der Waals surface area contributed by atoms with Gasteiger partial charge in [0, 0.05) is 25.7 Å². The summed E-state index contributed by atoms with van der Waals surface area (Å²) in [6.07, 6.45) is 12.7. The van der Waals surface area contributed by atoms with E-state index in [-0.39, 0.29) is 0 Å². The lowest BCUT2D eigenvalue weighted by atomic mass is 9.87. The standard InChI is InChI=1S/C25H41NOSi/c1-19-16-20(2)24(21(17-19)18-28(3,4)5)25(27)26(22-12-8-6-9-13-22)23-14-10-7-11-15-23/h16-17,22-23H,6-15,18H2,1-5H3. The van der Waals surface area contributed by atoms with Crippen LogP contribution in [-0.4, -0.2) is 31.0 Å². The van der Waals surface area contributed by atoms with Crippen molar-refractivity contribution in [1.29, 1.82) is 0 Å². The first kappa shape index (κ1) is 21.6. The third-order valence-electron chi connectivity index (χ3n) is 6.67. The van der Waals surface area contributed by atoms with Gasteiger partial charge in [-0.3, -0.25) is 4.79 Å². The maximum Gasteiger partial charge on any atom is 0.254 e. The molecule has 2 aliphatic carbocycles. The van der Waals surface area contributed by atoms with Gasteiger partial charge in [-0.15, -0.1) is 0 Å². The second kappa shape index (κ2) is 9.15. The van der Waals surface area contributed by atoms with Crippen LogP contribution < -0.4 is 0 Å². The molecule has 0 saturated heterocycles. The Morgan fingerprint density at radius 2 is 1.39 bits per heavy atom. The molecule has 0 radical (unpaired) electrons. The number of carbonyl (C=O) groups is 1. The topological polar surface area (TPSA) is 20.3 Å². The van der Waals surface area contributed by atoms with Crippen LogP contribution in [0.2, 0.25) is 19.6 Å². The van der Waals surface area contributed by atoms with Gasteiger partial charge in [0.05, 0.1) is 0 Å². The molecule has 0 heterocycles. The number of carbonyl (C=O) groups excluding carboxylic acids is 1. The molecule has 0 unspecified atom stereocenters. The summed E-state index contributed by atoms with van der Waals surface area (Å²) < 4.78 is 0. The highest BCUT2D eigenvalue weighted by molar-refractivity contribution is 6.75. The molecule has 0 N–H and O–H groups in total. The minimum absolute atomic E-state index is 0.351. The summed E-state index contributed by atoms with van der Waals surface area (Å²) in [4.78, 5) is 16.5. The monoisotopic (exact) mass is 399 g/mol. The SMILES string of the molecule is Cc1cc(C)c(C(=O)N(C2CCCCC2)C2CCCCC2)c(C[Si](C)(C)C)c1. The molecule has 1 aromatic carbocycles. The van der Waals surface area contributed by atoms with Crippen LogP contribution >= 0.6 is 0 Å². The smallest absolute Gasteiger partial charge is 0.254 e. The normalized spacial score (nSPS) is 19.6. The van der Waals surface area contributed by atoms with Crippen molar-refractivity contribution < 1.29 is 4.79 Å². The lowest BCUT2D eigenvalue weighted by Crippen LogP contribution is -2.49. The minimum atomic E-state index is -1.31. The summed E-state index contributed by atoms with van der Waals surface area (Å²) in [7, 11) is -1.31. The molecule has 2 nitrogen and oxygen atoms in total. The van der Waals surface area contributed by atoms with Crippen molar-refractivity contribution in [2.24, 2.45) is 0 Å². The largest absolute Gasteiger partial charge is 0.333 e. The lowest BCUT2D eigenvalue weighted by molar-refractivity contribution is 0.0447. The zero-order valence-electron chi connectivity index (χ0n) is 18.9. The van der Waals surface area contributed by atoms with Crippen molar-refractivity contribution in [3.8, 4) is 0 Å². The average Bonchev–Trinajstić information content (AvgIpc) is 2.62. The Labute approximate surface area is 174 Å². The Morgan fingerprint density at radius 3 is 1.86 bits per heavy atom. The van der Waals surface area contributed by atoms with Crippen molar-refractivity contribution in [1.82, 2.24) is 4.90 Å². The maximum absolute atomic E-state index is 14.1. The molecular formula is C25H41NOSi. The first-order chi connectivity index (χ1) is 13.3. The molecule has 0 spiro atoms. The van der Waals surface area contributed by atoms with E-state index in [9.17, 15) is 4.79 Å². The van der Waals surface area contributed by atoms with Gasteiger partial charge in [0.25, 0.3) is 5.91 Å². The number of rotatable bonds is 5. The van der Waals surface area contributed by atoms with Crippen LogP contribution in [0.4, 0.5) is 0 Å². The molecule has 0 aromatic heterocycles. The molecule has 28 heavy (non-hydrogen) atoms. The van der Waals surface area contributed by atoms with E-state index >= 15 is 0 Å². The van der Waals surface area contributed by atoms with E-state index in [2.05, 4.69) is 50.5 Å². The highest BCUT2D eigenvalue weighted by atomic mass is 28.3. The number of amides is 1. The minimum Gasteiger partial charge on any atom is -0.333 e. The van der Waals surface area contributed by atoms with Crippen LogP contribution in [-0.2, 0) is 6.04 Å². The Balaban J connectivity index is 1.99. The van der Waals surface area contributed by atoms with Crippen molar-refractivity contribution in [2.75, 3.05) is 0 Å². The molecule has 2 saturated carbocycles. The Kier molecular flexibility index (Phi) is 7.06. The molecule has 2 fully saturated rings. The number of benzene rings is 1. The highest BCUT2D eigenvalue weighted by Gasteiger charge is 2.35. The van der Waals surface area contributed by atoms with Crippen LogP contribution in [0.5, 0.6) is 0 Å². The number of hydrogen-bond acceptors (Lipinski definition) is 1. The zero-order chi connectivity index (χ0) is 20.3. The van der Waals surface area contributed by atoms with Crippen LogP contribution in [0.1, 0.15) is 91.3 Å². The third-order valence-corrected chi connectivity index (χ3v) is 8.11. The van der Waals surface area contributed by atoms with E-state index in [1.165, 1.54) is 80.9 Å². The van der Waals surface area contributed by atoms with Gasteiger partial charge in [0.15, 0.2) is 0 Å². The first-order valence-electron chi connectivity index (χ1n) is 11.7. The summed E-state index contributed by atoms with van der Waals surface area (Å²) in [5.41, 5.74) is 4.85. The highest BCUT2D eigenvalue weighted by Crippen LogP contribution is 2.33. The Hall–Kier alpha value is -1.09. The molecule has 3 rings (SSSR count). The van der Waals surface area contributed by atoms with Crippen molar-refractivity contribution >= 4 is 14.0 Å². The fourth-order valence-corrected chi connectivity index (χ4v) is 6.97. The molecule has 1 amide bonds. The van der Waals surface area contributed by atoms with E-state index in [0.717, 1.165) is 11.6 Å². The van der Waals surface area contributed by atoms with Gasteiger partial charge in [-0.2, -0.15) is 0 Å². The van der Waals surface area contributed by atoms with Gasteiger partial charge in [-0.05, 0) is 56.7 Å². The quantitative estimate of drug-likeness (QED) is 0.497. The van der Waals surface area contributed by atoms with E-state index in [0.29, 0.717) is 18.0 Å². The first-order valence-corrected chi connectivity index (χ1v) is 15.4. The molecule has 0 aliphatic heterocycles. The summed E-state index contributed by atoms with van der Waals surface area (Å²) >= 11 is 0. The number of nitrogens with zero attached hydrogens (tertiary/aromatic N) is 1. The van der Waals surface area contributed by atoms with Crippen molar-refractivity contribution in [2.45, 2.75) is 116 Å². The van der Waals surface area contributed by atoms with E-state index in [4.69, 9.17) is 0 Å². The van der Waals surface area contributed by atoms with E-state index < -0.39 is 8.07 Å². The van der Waals surface area contributed by atoms with E-state index in [1.54, 1.807) is 0 Å². The summed E-state index contributed by atoms with van der Waals surface area (Å²) in [6, 6.07) is 6.55. The van der Waals surface area contributed by atoms with Crippen LogP contribution in [0.25, 0.3) is 0 Å². The fourth-order valence-electron chi connectivity index (χ4n) is 5.55. The fraction of sp³-hybridized carbons (Fsp3) is 0.720. The van der Waals surface area contributed by atoms with Crippen molar-refractivity contribution in [3.05, 3.63) is 34.4 Å². The summed E-state index contributed by atoms with van der Waals surface area (Å²) in [5.74, 6) is 0.351. The number of hydrogen-bond donors (Lipinski definition) is 0. The predicted molar refractivity (Wildman–Crippen MR) is 123 cm³/mol. The van der Waals surface area contributed by atoms with Gasteiger partial charge in [-0.25, -0.2) is 0 Å². The van der Waals surface area contributed by atoms with Crippen LogP contribution in [0, 0.1) is 13.8 Å². The van der Waals surface area contributed by atoms with Crippen molar-refractivity contribution in [3.63, 3.8) is 0 Å². The Morgan fingerprint density at radius 1 is 0.893 bits per heavy atom. The zero-order valence-corrected chi connectivity index (χ0v) is 19.9. The number of aryl methyl sites for hydroxylation is 2. The van der Waals surface area contributed by atoms with Crippen LogP contribution in [0.15, 0.2) is 12.1 Å². The van der Waals surface area contributed by atoms with Gasteiger partial charge in [0.1, 0.15) is 0 Å². The van der Waals surface area contributed by atoms with E-state index in [1.807, 2.05) is 0 Å². The molecule has 2 aliphatic rings. The molecule has 0 bridgehead atoms. The summed E-state index contributed by atoms with van der Waals surface area (Å²) in [5, 5.41) is 0. The molecule has 3 heteroatoms. The van der Waals surface area contributed by atoms with Gasteiger partial charge in [-0.1, -0.05) is 75.9 Å². The van der Waals surface area contributed by atoms with Gasteiger partial charge >= 0.3 is 0 Å². The lowest BCUT2D eigenvalue weighted by Gasteiger charge is -2.42. The average molecular weight is 400 g/mol. The summed E-state index contributed by atoms with van der Waals surface area (Å²) in [6.45, 7) is 11.6. The second-order valence-corrected chi connectivity index (χ2v) is 16.1. The Bertz CT molecular complexity index is 661. The van der Waals surface area contributed by atoms with Gasteiger partial charge < -0.3 is 4.90 Å². The molecular weight excluding hydrogens is 358 g/mol. The predicted octanol–water partition coefficient (Wildman–Crippen LogP) is 6.83. The molecule has 156 valence electrons. The molecule has 1 aromatic rings. The second-order valence-electron chi connectivity index (χ2n) is 10.6. The van der Waals surface area contributed by atoms with Gasteiger partial charge in [0.2, 0.25) is 0 Å². The third kappa shape index (κ3) is 5.28. The molecule has 0 atom stereocenters.